The van der Waals surface area contributed by atoms with Crippen molar-refractivity contribution in [3.63, 3.8) is 0 Å². The van der Waals surface area contributed by atoms with Crippen LogP contribution in [0, 0.1) is 0 Å². The molecule has 2 N–H and O–H groups in total. The summed E-state index contributed by atoms with van der Waals surface area (Å²) >= 11 is 0. The van der Waals surface area contributed by atoms with Gasteiger partial charge in [0.2, 0.25) is 0 Å². The molecule has 0 bridgehead atoms. The number of anilines is 1. The molecule has 0 fully saturated rings. The van der Waals surface area contributed by atoms with Crippen LogP contribution in [0.15, 0.2) is 18.5 Å². The average molecular weight is 217 g/mol. The lowest BCUT2D eigenvalue weighted by Gasteiger charge is -2.07. The summed E-state index contributed by atoms with van der Waals surface area (Å²) in [6.07, 6.45) is 5.29. The van der Waals surface area contributed by atoms with Crippen LogP contribution in [0.1, 0.15) is 25.5 Å². The molecule has 0 radical (unpaired) electrons. The van der Waals surface area contributed by atoms with Crippen molar-refractivity contribution in [1.82, 2.24) is 19.5 Å². The van der Waals surface area contributed by atoms with Gasteiger partial charge in [-0.2, -0.15) is 0 Å². The monoisotopic (exact) mass is 217 g/mol. The third-order valence-corrected chi connectivity index (χ3v) is 2.38. The molecule has 2 aromatic heterocycles. The van der Waals surface area contributed by atoms with Gasteiger partial charge in [0.05, 0.1) is 0 Å². The number of imidazole rings is 1. The lowest BCUT2D eigenvalue weighted by molar-refractivity contribution is 0.837. The van der Waals surface area contributed by atoms with E-state index in [1.807, 2.05) is 17.7 Å². The zero-order valence-electron chi connectivity index (χ0n) is 9.51. The van der Waals surface area contributed by atoms with Gasteiger partial charge in [0.25, 0.3) is 0 Å². The lowest BCUT2D eigenvalue weighted by atomic mass is 10.4. The topological polar surface area (TPSA) is 69.6 Å². The van der Waals surface area contributed by atoms with Gasteiger partial charge < -0.3 is 5.73 Å². The second-order valence-electron chi connectivity index (χ2n) is 3.49. The summed E-state index contributed by atoms with van der Waals surface area (Å²) in [5.41, 5.74) is 5.75. The Balaban J connectivity index is 2.51. The van der Waals surface area contributed by atoms with E-state index in [1.54, 1.807) is 12.3 Å². The van der Waals surface area contributed by atoms with Crippen LogP contribution < -0.4 is 5.73 Å². The van der Waals surface area contributed by atoms with Crippen LogP contribution in [-0.4, -0.2) is 19.5 Å². The Kier molecular flexibility index (Phi) is 2.85. The fourth-order valence-corrected chi connectivity index (χ4v) is 1.59. The summed E-state index contributed by atoms with van der Waals surface area (Å²) in [5.74, 6) is 3.02. The number of aryl methyl sites for hydroxylation is 2. The van der Waals surface area contributed by atoms with Crippen molar-refractivity contribution >= 4 is 5.82 Å². The minimum Gasteiger partial charge on any atom is -0.384 e. The van der Waals surface area contributed by atoms with Gasteiger partial charge in [0.1, 0.15) is 23.3 Å². The van der Waals surface area contributed by atoms with Crippen molar-refractivity contribution in [2.24, 2.45) is 0 Å². The van der Waals surface area contributed by atoms with Crippen molar-refractivity contribution in [1.29, 1.82) is 0 Å². The molecular formula is C11H15N5. The fourth-order valence-electron chi connectivity index (χ4n) is 1.59. The third kappa shape index (κ3) is 1.88. The highest BCUT2D eigenvalue weighted by molar-refractivity contribution is 5.38. The maximum atomic E-state index is 5.75. The predicted octanol–water partition coefficient (Wildman–Crippen LogP) is 1.37. The smallest absolute Gasteiger partial charge is 0.143 e. The Morgan fingerprint density at radius 1 is 1.25 bits per heavy atom. The van der Waals surface area contributed by atoms with Gasteiger partial charge >= 0.3 is 0 Å². The number of aromatic nitrogens is 4. The number of nitrogen functional groups attached to an aromatic ring is 1. The first kappa shape index (κ1) is 10.6. The van der Waals surface area contributed by atoms with Crippen molar-refractivity contribution in [2.45, 2.75) is 26.7 Å². The number of nitrogens with zero attached hydrogens (tertiary/aromatic N) is 4. The highest BCUT2D eigenvalue weighted by atomic mass is 15.1. The van der Waals surface area contributed by atoms with E-state index in [4.69, 9.17) is 5.73 Å². The standard InChI is InChI=1S/C11H15N5/c1-3-9-14-8(12)7-11(15-9)16-6-5-13-10(16)4-2/h5-7H,3-4H2,1-2H3,(H2,12,14,15). The quantitative estimate of drug-likeness (QED) is 0.843. The molecule has 5 nitrogen and oxygen atoms in total. The summed E-state index contributed by atoms with van der Waals surface area (Å²) in [5, 5.41) is 0. The summed E-state index contributed by atoms with van der Waals surface area (Å²) < 4.78 is 1.94. The summed E-state index contributed by atoms with van der Waals surface area (Å²) in [6, 6.07) is 1.76. The first-order valence-electron chi connectivity index (χ1n) is 5.40. The van der Waals surface area contributed by atoms with Crippen molar-refractivity contribution < 1.29 is 0 Å². The van der Waals surface area contributed by atoms with Gasteiger partial charge in [0, 0.05) is 31.3 Å². The third-order valence-electron chi connectivity index (χ3n) is 2.38. The Bertz CT molecular complexity index is 489. The van der Waals surface area contributed by atoms with Gasteiger partial charge in [0.15, 0.2) is 0 Å². The van der Waals surface area contributed by atoms with E-state index >= 15 is 0 Å². The largest absolute Gasteiger partial charge is 0.384 e. The van der Waals surface area contributed by atoms with Gasteiger partial charge in [-0.1, -0.05) is 13.8 Å². The van der Waals surface area contributed by atoms with E-state index in [1.165, 1.54) is 0 Å². The van der Waals surface area contributed by atoms with E-state index in [0.717, 1.165) is 30.3 Å². The summed E-state index contributed by atoms with van der Waals surface area (Å²) in [6.45, 7) is 4.07. The molecule has 2 aromatic rings. The Morgan fingerprint density at radius 2 is 2.06 bits per heavy atom. The molecule has 0 aliphatic rings. The second-order valence-corrected chi connectivity index (χ2v) is 3.49. The average Bonchev–Trinajstić information content (AvgIpc) is 2.76. The van der Waals surface area contributed by atoms with Crippen molar-refractivity contribution in [3.8, 4) is 5.82 Å². The van der Waals surface area contributed by atoms with E-state index in [2.05, 4.69) is 21.9 Å². The van der Waals surface area contributed by atoms with Crippen LogP contribution in [-0.2, 0) is 12.8 Å². The Hall–Kier alpha value is -1.91. The van der Waals surface area contributed by atoms with Crippen LogP contribution in [0.3, 0.4) is 0 Å². The molecule has 0 aliphatic carbocycles. The molecule has 0 atom stereocenters. The SMILES string of the molecule is CCc1nc(N)cc(-n2ccnc2CC)n1. The zero-order chi connectivity index (χ0) is 11.5. The molecule has 0 aliphatic heterocycles. The predicted molar refractivity (Wildman–Crippen MR) is 62.3 cm³/mol. The maximum absolute atomic E-state index is 5.75. The molecule has 2 rings (SSSR count). The normalized spacial score (nSPS) is 10.6. The van der Waals surface area contributed by atoms with Crippen LogP contribution in [0.2, 0.25) is 0 Å². The molecular weight excluding hydrogens is 202 g/mol. The number of rotatable bonds is 3. The van der Waals surface area contributed by atoms with Gasteiger partial charge in [-0.3, -0.25) is 4.57 Å². The molecule has 0 spiro atoms. The maximum Gasteiger partial charge on any atom is 0.143 e. The first-order valence-corrected chi connectivity index (χ1v) is 5.40. The molecule has 0 saturated heterocycles. The highest BCUT2D eigenvalue weighted by Gasteiger charge is 2.06. The van der Waals surface area contributed by atoms with E-state index in [-0.39, 0.29) is 0 Å². The number of hydrogen-bond acceptors (Lipinski definition) is 4. The van der Waals surface area contributed by atoms with Crippen molar-refractivity contribution in [2.75, 3.05) is 5.73 Å². The molecule has 0 saturated carbocycles. The van der Waals surface area contributed by atoms with Gasteiger partial charge in [-0.15, -0.1) is 0 Å². The molecule has 0 aromatic carbocycles. The minimum absolute atomic E-state index is 0.498. The molecule has 84 valence electrons. The second kappa shape index (κ2) is 4.30. The Morgan fingerprint density at radius 3 is 2.75 bits per heavy atom. The highest BCUT2D eigenvalue weighted by Crippen LogP contribution is 2.11. The Labute approximate surface area is 94.4 Å². The zero-order valence-corrected chi connectivity index (χ0v) is 9.51. The van der Waals surface area contributed by atoms with Crippen LogP contribution in [0.4, 0.5) is 5.82 Å². The van der Waals surface area contributed by atoms with E-state index in [0.29, 0.717) is 5.82 Å². The minimum atomic E-state index is 0.498. The lowest BCUT2D eigenvalue weighted by Crippen LogP contribution is -2.07. The molecule has 0 unspecified atom stereocenters. The number of hydrogen-bond donors (Lipinski definition) is 1. The summed E-state index contributed by atoms with van der Waals surface area (Å²) in [7, 11) is 0. The van der Waals surface area contributed by atoms with Crippen LogP contribution in [0.25, 0.3) is 5.82 Å². The molecule has 0 amide bonds. The van der Waals surface area contributed by atoms with E-state index < -0.39 is 0 Å². The number of nitrogens with two attached hydrogens (primary N) is 1. The first-order chi connectivity index (χ1) is 7.74. The molecule has 16 heavy (non-hydrogen) atoms. The van der Waals surface area contributed by atoms with Crippen molar-refractivity contribution in [3.05, 3.63) is 30.1 Å². The summed E-state index contributed by atoms with van der Waals surface area (Å²) in [4.78, 5) is 12.8. The molecule has 5 heteroatoms. The molecule has 2 heterocycles. The van der Waals surface area contributed by atoms with Gasteiger partial charge in [-0.05, 0) is 0 Å². The van der Waals surface area contributed by atoms with E-state index in [9.17, 15) is 0 Å². The van der Waals surface area contributed by atoms with Crippen LogP contribution >= 0.6 is 0 Å². The fraction of sp³-hybridized carbons (Fsp3) is 0.364. The van der Waals surface area contributed by atoms with Gasteiger partial charge in [-0.25, -0.2) is 15.0 Å². The van der Waals surface area contributed by atoms with Crippen LogP contribution in [0.5, 0.6) is 0 Å².